The molecule has 0 saturated heterocycles. The van der Waals surface area contributed by atoms with Gasteiger partial charge in [0.1, 0.15) is 0 Å². The van der Waals surface area contributed by atoms with E-state index in [1.165, 1.54) is 5.56 Å². The smallest absolute Gasteiger partial charge is 0.307 e. The van der Waals surface area contributed by atoms with Crippen molar-refractivity contribution < 1.29 is 9.90 Å². The summed E-state index contributed by atoms with van der Waals surface area (Å²) in [5.74, 6) is -0.791. The molecule has 0 bridgehead atoms. The van der Waals surface area contributed by atoms with Gasteiger partial charge in [0.15, 0.2) is 0 Å². The average molecular weight is 272 g/mol. The van der Waals surface area contributed by atoms with Crippen LogP contribution in [0.25, 0.3) is 0 Å². The van der Waals surface area contributed by atoms with E-state index >= 15 is 0 Å². The molecule has 0 heterocycles. The third-order valence-corrected chi connectivity index (χ3v) is 3.92. The lowest BCUT2D eigenvalue weighted by molar-refractivity contribution is -0.136. The quantitative estimate of drug-likeness (QED) is 0.911. The molecular weight excluding hydrogens is 256 g/mol. The Balaban J connectivity index is 2.21. The number of hydrogen-bond donors (Lipinski definition) is 1. The number of aryl methyl sites for hydroxylation is 2. The van der Waals surface area contributed by atoms with Gasteiger partial charge in [0.25, 0.3) is 0 Å². The molecule has 0 amide bonds. The Bertz CT molecular complexity index is 588. The van der Waals surface area contributed by atoms with Crippen LogP contribution in [-0.2, 0) is 11.2 Å². The van der Waals surface area contributed by atoms with Crippen LogP contribution < -0.4 is 0 Å². The van der Waals surface area contributed by atoms with Crippen molar-refractivity contribution in [1.82, 2.24) is 0 Å². The van der Waals surface area contributed by atoms with Crippen LogP contribution in [-0.4, -0.2) is 11.1 Å². The lowest BCUT2D eigenvalue weighted by atomic mass is 10.1. The van der Waals surface area contributed by atoms with Crippen molar-refractivity contribution in [3.63, 3.8) is 0 Å². The van der Waals surface area contributed by atoms with Crippen LogP contribution in [0.2, 0.25) is 0 Å². The van der Waals surface area contributed by atoms with Crippen molar-refractivity contribution in [2.45, 2.75) is 30.1 Å². The second-order valence-corrected chi connectivity index (χ2v) is 5.72. The Morgan fingerprint density at radius 1 is 1.05 bits per heavy atom. The molecule has 2 aromatic rings. The van der Waals surface area contributed by atoms with E-state index in [0.29, 0.717) is 0 Å². The summed E-state index contributed by atoms with van der Waals surface area (Å²) in [7, 11) is 0. The van der Waals surface area contributed by atoms with E-state index < -0.39 is 5.97 Å². The van der Waals surface area contributed by atoms with Crippen molar-refractivity contribution in [2.75, 3.05) is 0 Å². The first-order chi connectivity index (χ1) is 9.04. The zero-order valence-corrected chi connectivity index (χ0v) is 11.8. The average Bonchev–Trinajstić information content (AvgIpc) is 2.36. The van der Waals surface area contributed by atoms with Crippen LogP contribution in [0.15, 0.2) is 52.3 Å². The van der Waals surface area contributed by atoms with Gasteiger partial charge in [-0.05, 0) is 49.2 Å². The molecule has 0 radical (unpaired) electrons. The Morgan fingerprint density at radius 3 is 2.32 bits per heavy atom. The van der Waals surface area contributed by atoms with Gasteiger partial charge in [0.2, 0.25) is 0 Å². The second kappa shape index (κ2) is 5.93. The predicted octanol–water partition coefficient (Wildman–Crippen LogP) is 4.08. The van der Waals surface area contributed by atoms with Crippen molar-refractivity contribution >= 4 is 17.7 Å². The second-order valence-electron chi connectivity index (χ2n) is 4.57. The standard InChI is InChI=1S/C16H16O2S/c1-11-3-6-14(7-4-11)19-15-8-5-12(2)13(9-15)10-16(17)18/h3-9H,10H2,1-2H3,(H,17,18). The summed E-state index contributed by atoms with van der Waals surface area (Å²) in [5.41, 5.74) is 3.14. The van der Waals surface area contributed by atoms with Gasteiger partial charge < -0.3 is 5.11 Å². The van der Waals surface area contributed by atoms with Crippen LogP contribution in [0.1, 0.15) is 16.7 Å². The monoisotopic (exact) mass is 272 g/mol. The molecule has 0 fully saturated rings. The lowest BCUT2D eigenvalue weighted by Gasteiger charge is -2.07. The topological polar surface area (TPSA) is 37.3 Å². The number of aliphatic carboxylic acids is 1. The Labute approximate surface area is 117 Å². The van der Waals surface area contributed by atoms with Crippen LogP contribution >= 0.6 is 11.8 Å². The first-order valence-electron chi connectivity index (χ1n) is 6.10. The highest BCUT2D eigenvalue weighted by atomic mass is 32.2. The zero-order chi connectivity index (χ0) is 13.8. The molecule has 0 aliphatic heterocycles. The van der Waals surface area contributed by atoms with Gasteiger partial charge in [0, 0.05) is 9.79 Å². The molecule has 1 N–H and O–H groups in total. The zero-order valence-electron chi connectivity index (χ0n) is 11.0. The molecule has 0 aliphatic rings. The van der Waals surface area contributed by atoms with Gasteiger partial charge in [0.05, 0.1) is 6.42 Å². The maximum atomic E-state index is 10.8. The number of carbonyl (C=O) groups is 1. The van der Waals surface area contributed by atoms with Gasteiger partial charge >= 0.3 is 5.97 Å². The SMILES string of the molecule is Cc1ccc(Sc2ccc(C)c(CC(=O)O)c2)cc1. The molecule has 3 heteroatoms. The minimum Gasteiger partial charge on any atom is -0.481 e. The largest absolute Gasteiger partial charge is 0.481 e. The Hall–Kier alpha value is -1.74. The molecule has 0 unspecified atom stereocenters. The fourth-order valence-electron chi connectivity index (χ4n) is 1.81. The third-order valence-electron chi connectivity index (χ3n) is 2.92. The molecular formula is C16H16O2S. The van der Waals surface area contributed by atoms with E-state index in [2.05, 4.69) is 31.2 Å². The molecule has 2 nitrogen and oxygen atoms in total. The summed E-state index contributed by atoms with van der Waals surface area (Å²) in [5, 5.41) is 8.90. The van der Waals surface area contributed by atoms with Crippen molar-refractivity contribution in [3.8, 4) is 0 Å². The summed E-state index contributed by atoms with van der Waals surface area (Å²) >= 11 is 1.65. The molecule has 19 heavy (non-hydrogen) atoms. The number of benzene rings is 2. The molecule has 98 valence electrons. The summed E-state index contributed by atoms with van der Waals surface area (Å²) in [6.07, 6.45) is 0.0775. The summed E-state index contributed by atoms with van der Waals surface area (Å²) in [6.45, 7) is 4.00. The molecule has 0 atom stereocenters. The summed E-state index contributed by atoms with van der Waals surface area (Å²) < 4.78 is 0. The predicted molar refractivity (Wildman–Crippen MR) is 77.8 cm³/mol. The Morgan fingerprint density at radius 2 is 1.68 bits per heavy atom. The maximum Gasteiger partial charge on any atom is 0.307 e. The van der Waals surface area contributed by atoms with E-state index in [-0.39, 0.29) is 6.42 Å². The lowest BCUT2D eigenvalue weighted by Crippen LogP contribution is -2.01. The van der Waals surface area contributed by atoms with Crippen LogP contribution in [0.4, 0.5) is 0 Å². The molecule has 0 aliphatic carbocycles. The maximum absolute atomic E-state index is 10.8. The van der Waals surface area contributed by atoms with Gasteiger partial charge in [-0.25, -0.2) is 0 Å². The Kier molecular flexibility index (Phi) is 4.27. The molecule has 0 spiro atoms. The fraction of sp³-hybridized carbons (Fsp3) is 0.188. The number of rotatable bonds is 4. The minimum atomic E-state index is -0.791. The van der Waals surface area contributed by atoms with E-state index in [9.17, 15) is 4.79 Å². The number of hydrogen-bond acceptors (Lipinski definition) is 2. The highest BCUT2D eigenvalue weighted by Crippen LogP contribution is 2.29. The molecule has 2 rings (SSSR count). The highest BCUT2D eigenvalue weighted by molar-refractivity contribution is 7.99. The summed E-state index contributed by atoms with van der Waals surface area (Å²) in [6, 6.07) is 14.3. The van der Waals surface area contributed by atoms with Gasteiger partial charge in [-0.15, -0.1) is 0 Å². The number of carboxylic acid groups (broad SMARTS) is 1. The minimum absolute atomic E-state index is 0.0775. The molecule has 0 aromatic heterocycles. The van der Waals surface area contributed by atoms with Gasteiger partial charge in [-0.2, -0.15) is 0 Å². The normalized spacial score (nSPS) is 10.4. The third kappa shape index (κ3) is 3.86. The van der Waals surface area contributed by atoms with Gasteiger partial charge in [-0.1, -0.05) is 35.5 Å². The number of carboxylic acids is 1. The molecule has 0 saturated carbocycles. The van der Waals surface area contributed by atoms with E-state index in [0.717, 1.165) is 20.9 Å². The van der Waals surface area contributed by atoms with Crippen LogP contribution in [0, 0.1) is 13.8 Å². The van der Waals surface area contributed by atoms with Crippen molar-refractivity contribution in [3.05, 3.63) is 59.2 Å². The first kappa shape index (κ1) is 13.7. The van der Waals surface area contributed by atoms with Crippen molar-refractivity contribution in [2.24, 2.45) is 0 Å². The van der Waals surface area contributed by atoms with Gasteiger partial charge in [-0.3, -0.25) is 4.79 Å². The molecule has 2 aromatic carbocycles. The van der Waals surface area contributed by atoms with E-state index in [4.69, 9.17) is 5.11 Å². The first-order valence-corrected chi connectivity index (χ1v) is 6.92. The van der Waals surface area contributed by atoms with Crippen LogP contribution in [0.5, 0.6) is 0 Å². The van der Waals surface area contributed by atoms with Crippen molar-refractivity contribution in [1.29, 1.82) is 0 Å². The van der Waals surface area contributed by atoms with Crippen LogP contribution in [0.3, 0.4) is 0 Å². The summed E-state index contributed by atoms with van der Waals surface area (Å²) in [4.78, 5) is 13.1. The van der Waals surface area contributed by atoms with E-state index in [1.807, 2.05) is 25.1 Å². The fourth-order valence-corrected chi connectivity index (χ4v) is 2.69. The van der Waals surface area contributed by atoms with E-state index in [1.54, 1.807) is 11.8 Å². The highest BCUT2D eigenvalue weighted by Gasteiger charge is 2.06.